The lowest BCUT2D eigenvalue weighted by molar-refractivity contribution is -0.115. The van der Waals surface area contributed by atoms with E-state index in [9.17, 15) is 4.79 Å². The van der Waals surface area contributed by atoms with Crippen LogP contribution in [0.1, 0.15) is 36.3 Å². The molecule has 1 amide bonds. The van der Waals surface area contributed by atoms with Gasteiger partial charge in [-0.2, -0.15) is 0 Å². The van der Waals surface area contributed by atoms with Crippen LogP contribution in [-0.2, 0) is 11.2 Å². The van der Waals surface area contributed by atoms with Gasteiger partial charge in [0.05, 0.1) is 5.25 Å². The molecule has 0 saturated carbocycles. The quantitative estimate of drug-likeness (QED) is 0.457. The number of hydrogen-bond acceptors (Lipinski definition) is 5. The van der Waals surface area contributed by atoms with Gasteiger partial charge in [-0.05, 0) is 43.9 Å². The highest BCUT2D eigenvalue weighted by Crippen LogP contribution is 2.34. The summed E-state index contributed by atoms with van der Waals surface area (Å²) in [7, 11) is 0. The van der Waals surface area contributed by atoms with Crippen LogP contribution in [0.15, 0.2) is 35.6 Å². The van der Waals surface area contributed by atoms with Crippen LogP contribution in [0.25, 0.3) is 10.2 Å². The number of aromatic nitrogens is 2. The van der Waals surface area contributed by atoms with Crippen LogP contribution in [0.4, 0.5) is 5.69 Å². The minimum Gasteiger partial charge on any atom is -0.325 e. The topological polar surface area (TPSA) is 54.9 Å². The Morgan fingerprint density at radius 2 is 1.96 bits per heavy atom. The molecule has 0 saturated heterocycles. The van der Waals surface area contributed by atoms with Gasteiger partial charge in [-0.15, -0.1) is 11.3 Å². The van der Waals surface area contributed by atoms with E-state index >= 15 is 0 Å². The van der Waals surface area contributed by atoms with Crippen molar-refractivity contribution in [3.05, 3.63) is 46.6 Å². The van der Waals surface area contributed by atoms with Crippen LogP contribution in [-0.4, -0.2) is 21.1 Å². The minimum absolute atomic E-state index is 0.0209. The molecule has 0 spiro atoms. The molecule has 1 atom stereocenters. The van der Waals surface area contributed by atoms with Crippen molar-refractivity contribution in [2.75, 3.05) is 5.32 Å². The van der Waals surface area contributed by atoms with E-state index in [0.29, 0.717) is 0 Å². The molecule has 136 valence electrons. The van der Waals surface area contributed by atoms with Gasteiger partial charge in [-0.3, -0.25) is 4.79 Å². The molecule has 1 aromatic carbocycles. The Balaban J connectivity index is 1.83. The van der Waals surface area contributed by atoms with Crippen LogP contribution < -0.4 is 5.32 Å². The van der Waals surface area contributed by atoms with Crippen LogP contribution in [0, 0.1) is 13.8 Å². The predicted octanol–water partition coefficient (Wildman–Crippen LogP) is 5.38. The molecule has 2 aromatic heterocycles. The van der Waals surface area contributed by atoms with Gasteiger partial charge in [-0.1, -0.05) is 43.8 Å². The lowest BCUT2D eigenvalue weighted by atomic mass is 10.1. The van der Waals surface area contributed by atoms with Gasteiger partial charge in [0.15, 0.2) is 0 Å². The third-order valence-corrected chi connectivity index (χ3v) is 6.91. The molecule has 6 heteroatoms. The van der Waals surface area contributed by atoms with Crippen molar-refractivity contribution in [1.29, 1.82) is 0 Å². The monoisotopic (exact) mass is 385 g/mol. The fourth-order valence-electron chi connectivity index (χ4n) is 2.82. The van der Waals surface area contributed by atoms with E-state index in [-0.39, 0.29) is 11.2 Å². The van der Waals surface area contributed by atoms with Gasteiger partial charge < -0.3 is 5.32 Å². The van der Waals surface area contributed by atoms with E-state index in [0.717, 1.165) is 44.9 Å². The van der Waals surface area contributed by atoms with E-state index in [1.54, 1.807) is 17.7 Å². The molecule has 0 aliphatic carbocycles. The maximum absolute atomic E-state index is 12.9. The van der Waals surface area contributed by atoms with Gasteiger partial charge in [0.1, 0.15) is 16.2 Å². The standard InChI is InChI=1S/C20H23N3OS2/c1-5-14-10-15-19(25-14)21-11-22-20(15)26-16(6-2)18(24)23-17-12(3)8-7-9-13(17)4/h7-11,16H,5-6H2,1-4H3,(H,23,24). The van der Waals surface area contributed by atoms with E-state index in [4.69, 9.17) is 0 Å². The maximum Gasteiger partial charge on any atom is 0.237 e. The number of amides is 1. The van der Waals surface area contributed by atoms with Crippen LogP contribution in [0.2, 0.25) is 0 Å². The Labute approximate surface area is 162 Å². The van der Waals surface area contributed by atoms with E-state index < -0.39 is 0 Å². The Morgan fingerprint density at radius 3 is 2.62 bits per heavy atom. The first-order valence-electron chi connectivity index (χ1n) is 8.80. The van der Waals surface area contributed by atoms with Crippen molar-refractivity contribution in [3.8, 4) is 0 Å². The number of carbonyl (C=O) groups excluding carboxylic acids is 1. The van der Waals surface area contributed by atoms with Crippen molar-refractivity contribution in [1.82, 2.24) is 9.97 Å². The third-order valence-electron chi connectivity index (χ3n) is 4.34. The van der Waals surface area contributed by atoms with Crippen LogP contribution >= 0.6 is 23.1 Å². The summed E-state index contributed by atoms with van der Waals surface area (Å²) < 4.78 is 0. The molecule has 4 nitrogen and oxygen atoms in total. The number of benzene rings is 1. The fourth-order valence-corrected chi connectivity index (χ4v) is 4.82. The average Bonchev–Trinajstić information content (AvgIpc) is 3.06. The van der Waals surface area contributed by atoms with Crippen molar-refractivity contribution in [2.45, 2.75) is 50.8 Å². The van der Waals surface area contributed by atoms with E-state index in [1.165, 1.54) is 16.6 Å². The highest BCUT2D eigenvalue weighted by molar-refractivity contribution is 8.00. The molecule has 1 unspecified atom stereocenters. The van der Waals surface area contributed by atoms with Gasteiger partial charge in [0, 0.05) is 16.0 Å². The minimum atomic E-state index is -0.197. The molecule has 3 aromatic rings. The zero-order valence-corrected chi connectivity index (χ0v) is 17.1. The number of para-hydroxylation sites is 1. The van der Waals surface area contributed by atoms with Gasteiger partial charge in [-0.25, -0.2) is 9.97 Å². The summed E-state index contributed by atoms with van der Waals surface area (Å²) in [4.78, 5) is 24.0. The lowest BCUT2D eigenvalue weighted by Gasteiger charge is -2.17. The molecule has 3 rings (SSSR count). The van der Waals surface area contributed by atoms with Gasteiger partial charge in [0.2, 0.25) is 5.91 Å². The highest BCUT2D eigenvalue weighted by atomic mass is 32.2. The molecule has 0 aliphatic rings. The molecule has 26 heavy (non-hydrogen) atoms. The fraction of sp³-hybridized carbons (Fsp3) is 0.350. The van der Waals surface area contributed by atoms with E-state index in [1.807, 2.05) is 39.0 Å². The van der Waals surface area contributed by atoms with Crippen LogP contribution in [0.3, 0.4) is 0 Å². The Morgan fingerprint density at radius 1 is 1.23 bits per heavy atom. The predicted molar refractivity (Wildman–Crippen MR) is 111 cm³/mol. The number of aryl methyl sites for hydroxylation is 3. The summed E-state index contributed by atoms with van der Waals surface area (Å²) in [6.07, 6.45) is 3.31. The first-order valence-corrected chi connectivity index (χ1v) is 10.5. The van der Waals surface area contributed by atoms with Gasteiger partial charge >= 0.3 is 0 Å². The number of fused-ring (bicyclic) bond motifs is 1. The van der Waals surface area contributed by atoms with Crippen molar-refractivity contribution >= 4 is 44.9 Å². The Bertz CT molecular complexity index is 916. The second-order valence-electron chi connectivity index (χ2n) is 6.23. The summed E-state index contributed by atoms with van der Waals surface area (Å²) in [5, 5.41) is 4.85. The lowest BCUT2D eigenvalue weighted by Crippen LogP contribution is -2.25. The van der Waals surface area contributed by atoms with Crippen molar-refractivity contribution < 1.29 is 4.79 Å². The smallest absolute Gasteiger partial charge is 0.237 e. The average molecular weight is 386 g/mol. The molecular weight excluding hydrogens is 362 g/mol. The normalized spacial score (nSPS) is 12.3. The number of thiophene rings is 1. The molecule has 0 bridgehead atoms. The largest absolute Gasteiger partial charge is 0.325 e. The van der Waals surface area contributed by atoms with Gasteiger partial charge in [0.25, 0.3) is 0 Å². The number of rotatable bonds is 6. The number of nitrogens with one attached hydrogen (secondary N) is 1. The first kappa shape index (κ1) is 18.9. The zero-order valence-electron chi connectivity index (χ0n) is 15.5. The first-order chi connectivity index (χ1) is 12.5. The summed E-state index contributed by atoms with van der Waals surface area (Å²) in [6.45, 7) is 8.20. The second kappa shape index (κ2) is 8.18. The maximum atomic E-state index is 12.9. The summed E-state index contributed by atoms with van der Waals surface area (Å²) >= 11 is 3.22. The number of nitrogens with zero attached hydrogens (tertiary/aromatic N) is 2. The molecule has 1 N–H and O–H groups in total. The number of thioether (sulfide) groups is 1. The van der Waals surface area contributed by atoms with Crippen LogP contribution in [0.5, 0.6) is 0 Å². The molecule has 2 heterocycles. The summed E-state index contributed by atoms with van der Waals surface area (Å²) in [6, 6.07) is 8.19. The number of carbonyl (C=O) groups is 1. The highest BCUT2D eigenvalue weighted by Gasteiger charge is 2.21. The second-order valence-corrected chi connectivity index (χ2v) is 8.54. The summed E-state index contributed by atoms with van der Waals surface area (Å²) in [5.41, 5.74) is 3.06. The third kappa shape index (κ3) is 3.91. The van der Waals surface area contributed by atoms with Crippen molar-refractivity contribution in [3.63, 3.8) is 0 Å². The number of hydrogen-bond donors (Lipinski definition) is 1. The summed E-state index contributed by atoms with van der Waals surface area (Å²) in [5.74, 6) is 0.0209. The Kier molecular flexibility index (Phi) is 5.94. The molecule has 0 aliphatic heterocycles. The zero-order chi connectivity index (χ0) is 18.7. The molecular formula is C20H23N3OS2. The SMILES string of the molecule is CCc1cc2c(SC(CC)C(=O)Nc3c(C)cccc3C)ncnc2s1. The van der Waals surface area contributed by atoms with E-state index in [2.05, 4.69) is 28.3 Å². The molecule has 0 fully saturated rings. The number of anilines is 1. The molecule has 0 radical (unpaired) electrons. The Hall–Kier alpha value is -1.92. The van der Waals surface area contributed by atoms with Crippen molar-refractivity contribution in [2.24, 2.45) is 0 Å².